The van der Waals surface area contributed by atoms with Gasteiger partial charge >= 0.3 is 0 Å². The van der Waals surface area contributed by atoms with Crippen LogP contribution in [0.4, 0.5) is 5.82 Å². The first-order chi connectivity index (χ1) is 13.5. The molecule has 0 spiro atoms. The minimum Gasteiger partial charge on any atom is -0.489 e. The van der Waals surface area contributed by atoms with E-state index in [4.69, 9.17) is 4.74 Å². The van der Waals surface area contributed by atoms with Gasteiger partial charge in [-0.1, -0.05) is 13.8 Å². The van der Waals surface area contributed by atoms with Crippen molar-refractivity contribution in [1.82, 2.24) is 14.9 Å². The lowest BCUT2D eigenvalue weighted by molar-refractivity contribution is 0.0594. The fourth-order valence-corrected chi connectivity index (χ4v) is 3.27. The van der Waals surface area contributed by atoms with Crippen molar-refractivity contribution < 1.29 is 9.53 Å². The molecule has 1 aliphatic heterocycles. The number of aromatic nitrogens is 2. The summed E-state index contributed by atoms with van der Waals surface area (Å²) in [6, 6.07) is 7.60. The number of amides is 1. The molecule has 0 atom stereocenters. The van der Waals surface area contributed by atoms with Crippen molar-refractivity contribution in [2.75, 3.05) is 31.6 Å². The highest BCUT2D eigenvalue weighted by molar-refractivity contribution is 5.94. The van der Waals surface area contributed by atoms with Crippen LogP contribution in [0.3, 0.4) is 0 Å². The molecule has 0 aliphatic carbocycles. The summed E-state index contributed by atoms with van der Waals surface area (Å²) in [5.41, 5.74) is 0.646. The van der Waals surface area contributed by atoms with Crippen LogP contribution in [0, 0.1) is 5.92 Å². The molecule has 0 aromatic carbocycles. The number of ether oxygens (including phenoxy) is 1. The van der Waals surface area contributed by atoms with Gasteiger partial charge in [-0.05, 0) is 36.6 Å². The number of likely N-dealkylation sites (tertiary alicyclic amines) is 1. The third-order valence-electron chi connectivity index (χ3n) is 5.09. The summed E-state index contributed by atoms with van der Waals surface area (Å²) in [7, 11) is 2.04. The molecule has 3 heterocycles. The Balaban J connectivity index is 1.50. The van der Waals surface area contributed by atoms with Crippen LogP contribution in [0.15, 0.2) is 42.9 Å². The van der Waals surface area contributed by atoms with Gasteiger partial charge in [0.25, 0.3) is 5.91 Å². The first-order valence-electron chi connectivity index (χ1n) is 10.1. The summed E-state index contributed by atoms with van der Waals surface area (Å²) in [5.74, 6) is 2.39. The second-order valence-electron chi connectivity index (χ2n) is 7.81. The van der Waals surface area contributed by atoms with Gasteiger partial charge in [0.1, 0.15) is 17.7 Å². The number of carbonyl (C=O) groups excluding carboxylic acids is 1. The number of rotatable bonds is 7. The van der Waals surface area contributed by atoms with Gasteiger partial charge in [0.15, 0.2) is 0 Å². The van der Waals surface area contributed by atoms with Crippen molar-refractivity contribution in [2.45, 2.75) is 39.2 Å². The van der Waals surface area contributed by atoms with Crippen LogP contribution in [0.2, 0.25) is 0 Å². The largest absolute Gasteiger partial charge is 0.489 e. The van der Waals surface area contributed by atoms with E-state index in [1.807, 2.05) is 36.2 Å². The molecule has 0 radical (unpaired) electrons. The van der Waals surface area contributed by atoms with E-state index in [0.717, 1.165) is 37.4 Å². The molecule has 6 nitrogen and oxygen atoms in total. The van der Waals surface area contributed by atoms with Gasteiger partial charge in [0.2, 0.25) is 0 Å². The first-order valence-corrected chi connectivity index (χ1v) is 10.1. The molecule has 1 amide bonds. The Hall–Kier alpha value is -2.63. The van der Waals surface area contributed by atoms with Gasteiger partial charge in [-0.2, -0.15) is 0 Å². The second-order valence-corrected chi connectivity index (χ2v) is 7.81. The predicted octanol–water partition coefficient (Wildman–Crippen LogP) is 3.64. The highest BCUT2D eigenvalue weighted by Gasteiger charge is 2.25. The summed E-state index contributed by atoms with van der Waals surface area (Å²) < 4.78 is 5.95. The zero-order chi connectivity index (χ0) is 19.9. The quantitative estimate of drug-likeness (QED) is 0.732. The van der Waals surface area contributed by atoms with Crippen molar-refractivity contribution in [2.24, 2.45) is 5.92 Å². The van der Waals surface area contributed by atoms with Gasteiger partial charge in [-0.15, -0.1) is 0 Å². The van der Waals surface area contributed by atoms with E-state index in [0.29, 0.717) is 24.6 Å². The number of pyridine rings is 2. The third-order valence-corrected chi connectivity index (χ3v) is 5.09. The topological polar surface area (TPSA) is 58.6 Å². The highest BCUT2D eigenvalue weighted by atomic mass is 16.5. The maximum absolute atomic E-state index is 12.8. The van der Waals surface area contributed by atoms with Crippen LogP contribution in [0.5, 0.6) is 5.75 Å². The summed E-state index contributed by atoms with van der Waals surface area (Å²) in [6.07, 6.45) is 8.05. The summed E-state index contributed by atoms with van der Waals surface area (Å²) in [6.45, 7) is 6.78. The highest BCUT2D eigenvalue weighted by Crippen LogP contribution is 2.20. The Morgan fingerprint density at radius 2 is 2.04 bits per heavy atom. The molecular weight excluding hydrogens is 352 g/mol. The molecule has 0 unspecified atom stereocenters. The molecule has 1 fully saturated rings. The van der Waals surface area contributed by atoms with Crippen molar-refractivity contribution in [3.05, 3.63) is 48.4 Å². The van der Waals surface area contributed by atoms with E-state index in [1.165, 1.54) is 0 Å². The zero-order valence-corrected chi connectivity index (χ0v) is 17.0. The molecule has 0 saturated carbocycles. The molecule has 3 rings (SSSR count). The number of piperidine rings is 1. The Kier molecular flexibility index (Phi) is 6.85. The van der Waals surface area contributed by atoms with E-state index in [1.54, 1.807) is 18.6 Å². The van der Waals surface area contributed by atoms with Crippen LogP contribution in [0.1, 0.15) is 43.5 Å². The molecule has 0 bridgehead atoms. The van der Waals surface area contributed by atoms with E-state index in [2.05, 4.69) is 28.7 Å². The zero-order valence-electron chi connectivity index (χ0n) is 17.0. The van der Waals surface area contributed by atoms with Gasteiger partial charge in [0, 0.05) is 51.9 Å². The van der Waals surface area contributed by atoms with E-state index in [-0.39, 0.29) is 12.0 Å². The van der Waals surface area contributed by atoms with E-state index in [9.17, 15) is 4.79 Å². The molecule has 28 heavy (non-hydrogen) atoms. The van der Waals surface area contributed by atoms with E-state index < -0.39 is 0 Å². The van der Waals surface area contributed by atoms with Crippen LogP contribution < -0.4 is 9.64 Å². The lowest BCUT2D eigenvalue weighted by atomic mass is 10.1. The van der Waals surface area contributed by atoms with E-state index >= 15 is 0 Å². The van der Waals surface area contributed by atoms with Crippen LogP contribution in [-0.2, 0) is 0 Å². The van der Waals surface area contributed by atoms with Crippen molar-refractivity contribution in [3.63, 3.8) is 0 Å². The fraction of sp³-hybridized carbons (Fsp3) is 0.500. The van der Waals surface area contributed by atoms with Crippen LogP contribution >= 0.6 is 0 Å². The Labute approximate surface area is 167 Å². The Morgan fingerprint density at radius 1 is 1.25 bits per heavy atom. The first kappa shape index (κ1) is 20.1. The minimum atomic E-state index is 0.0451. The summed E-state index contributed by atoms with van der Waals surface area (Å²) in [5, 5.41) is 0. The van der Waals surface area contributed by atoms with Gasteiger partial charge < -0.3 is 14.5 Å². The molecule has 2 aromatic rings. The number of anilines is 1. The molecule has 1 aliphatic rings. The standard InChI is InChI=1S/C22H30N4O2/c1-17(2)8-12-25(3)21-7-6-18(15-24-21)22(27)26-13-9-19(10-14-26)28-20-5-4-11-23-16-20/h4-7,11,15-17,19H,8-10,12-14H2,1-3H3. The van der Waals surface area contributed by atoms with Crippen LogP contribution in [-0.4, -0.2) is 53.6 Å². The lowest BCUT2D eigenvalue weighted by Crippen LogP contribution is -2.41. The van der Waals surface area contributed by atoms with Gasteiger partial charge in [-0.3, -0.25) is 9.78 Å². The molecule has 1 saturated heterocycles. The molecular formula is C22H30N4O2. The monoisotopic (exact) mass is 382 g/mol. The van der Waals surface area contributed by atoms with Crippen molar-refractivity contribution in [1.29, 1.82) is 0 Å². The normalized spacial score (nSPS) is 14.9. The molecule has 6 heteroatoms. The molecule has 2 aromatic heterocycles. The Bertz CT molecular complexity index is 741. The minimum absolute atomic E-state index is 0.0451. The SMILES string of the molecule is CC(C)CCN(C)c1ccc(C(=O)N2CCC(Oc3cccnc3)CC2)cn1. The van der Waals surface area contributed by atoms with Crippen LogP contribution in [0.25, 0.3) is 0 Å². The Morgan fingerprint density at radius 3 is 2.64 bits per heavy atom. The summed E-state index contributed by atoms with van der Waals surface area (Å²) >= 11 is 0. The molecule has 0 N–H and O–H groups in total. The average molecular weight is 383 g/mol. The molecule has 150 valence electrons. The lowest BCUT2D eigenvalue weighted by Gasteiger charge is -2.32. The van der Waals surface area contributed by atoms with Gasteiger partial charge in [-0.25, -0.2) is 4.98 Å². The predicted molar refractivity (Wildman–Crippen MR) is 111 cm³/mol. The summed E-state index contributed by atoms with van der Waals surface area (Å²) in [4.78, 5) is 25.4. The average Bonchev–Trinajstić information content (AvgIpc) is 2.73. The number of hydrogen-bond acceptors (Lipinski definition) is 5. The van der Waals surface area contributed by atoms with Crippen molar-refractivity contribution in [3.8, 4) is 5.75 Å². The smallest absolute Gasteiger partial charge is 0.255 e. The van der Waals surface area contributed by atoms with Gasteiger partial charge in [0.05, 0.1) is 11.8 Å². The number of hydrogen-bond donors (Lipinski definition) is 0. The third kappa shape index (κ3) is 5.44. The number of nitrogens with zero attached hydrogens (tertiary/aromatic N) is 4. The maximum atomic E-state index is 12.8. The maximum Gasteiger partial charge on any atom is 0.255 e. The van der Waals surface area contributed by atoms with Crippen molar-refractivity contribution >= 4 is 11.7 Å². The number of carbonyl (C=O) groups is 1. The fourth-order valence-electron chi connectivity index (χ4n) is 3.27. The second kappa shape index (κ2) is 9.53.